The van der Waals surface area contributed by atoms with E-state index in [4.69, 9.17) is 11.6 Å². The highest BCUT2D eigenvalue weighted by atomic mass is 35.5. The number of hydrogen-bond acceptors (Lipinski definition) is 5. The third-order valence-corrected chi connectivity index (χ3v) is 3.94. The standard InChI is InChI=1S/C10H15ClN4O3S/c1-3-14(4-2)10(16)15-8-12-9(13-15)19(17,18)7-5-6-11/h5-6,8H,3-4,7H2,1-2H3. The molecule has 1 rings (SSSR count). The lowest BCUT2D eigenvalue weighted by Crippen LogP contribution is -2.34. The molecule has 0 aliphatic heterocycles. The van der Waals surface area contributed by atoms with Gasteiger partial charge in [-0.2, -0.15) is 4.68 Å². The van der Waals surface area contributed by atoms with Crippen LogP contribution in [0.1, 0.15) is 13.8 Å². The normalized spacial score (nSPS) is 11.9. The Bertz CT molecular complexity index is 563. The molecule has 7 nitrogen and oxygen atoms in total. The van der Waals surface area contributed by atoms with Crippen molar-refractivity contribution in [2.45, 2.75) is 19.0 Å². The lowest BCUT2D eigenvalue weighted by Gasteiger charge is -2.17. The molecule has 0 unspecified atom stereocenters. The number of sulfone groups is 1. The van der Waals surface area contributed by atoms with Gasteiger partial charge in [0.25, 0.3) is 5.16 Å². The number of carbonyl (C=O) groups excluding carboxylic acids is 1. The minimum absolute atomic E-state index is 0.306. The van der Waals surface area contributed by atoms with Crippen molar-refractivity contribution in [1.29, 1.82) is 0 Å². The Morgan fingerprint density at radius 1 is 1.47 bits per heavy atom. The summed E-state index contributed by atoms with van der Waals surface area (Å²) >= 11 is 5.28. The van der Waals surface area contributed by atoms with Crippen LogP contribution in [0.5, 0.6) is 0 Å². The predicted molar refractivity (Wildman–Crippen MR) is 70.8 cm³/mol. The van der Waals surface area contributed by atoms with E-state index < -0.39 is 15.9 Å². The molecule has 0 aliphatic carbocycles. The molecular weight excluding hydrogens is 292 g/mol. The quantitative estimate of drug-likeness (QED) is 0.813. The van der Waals surface area contributed by atoms with Crippen molar-refractivity contribution >= 4 is 27.5 Å². The molecule has 0 saturated heterocycles. The van der Waals surface area contributed by atoms with E-state index in [0.717, 1.165) is 16.5 Å². The number of aromatic nitrogens is 3. The summed E-state index contributed by atoms with van der Waals surface area (Å²) in [6.07, 6.45) is 2.36. The number of halogens is 1. The Morgan fingerprint density at radius 3 is 2.63 bits per heavy atom. The molecule has 1 aromatic heterocycles. The van der Waals surface area contributed by atoms with Crippen LogP contribution < -0.4 is 0 Å². The first kappa shape index (κ1) is 15.6. The van der Waals surface area contributed by atoms with Gasteiger partial charge >= 0.3 is 6.03 Å². The fraction of sp³-hybridized carbons (Fsp3) is 0.500. The Kier molecular flexibility index (Phi) is 5.49. The first-order valence-corrected chi connectivity index (χ1v) is 7.74. The second-order valence-corrected chi connectivity index (χ2v) is 5.75. The van der Waals surface area contributed by atoms with Crippen LogP contribution in [0.15, 0.2) is 23.1 Å². The van der Waals surface area contributed by atoms with Gasteiger partial charge in [-0.05, 0) is 13.8 Å². The second-order valence-electron chi connectivity index (χ2n) is 3.57. The predicted octanol–water partition coefficient (Wildman–Crippen LogP) is 1.11. The molecule has 106 valence electrons. The molecule has 0 saturated carbocycles. The van der Waals surface area contributed by atoms with Gasteiger partial charge in [0.05, 0.1) is 5.75 Å². The summed E-state index contributed by atoms with van der Waals surface area (Å²) < 4.78 is 24.4. The van der Waals surface area contributed by atoms with Crippen molar-refractivity contribution in [3.8, 4) is 0 Å². The number of rotatable bonds is 5. The third kappa shape index (κ3) is 3.77. The minimum atomic E-state index is -3.66. The lowest BCUT2D eigenvalue weighted by atomic mass is 10.5. The molecule has 1 aromatic rings. The summed E-state index contributed by atoms with van der Waals surface area (Å²) in [5.74, 6) is -0.306. The molecular formula is C10H15ClN4O3S. The van der Waals surface area contributed by atoms with E-state index in [2.05, 4.69) is 10.1 Å². The smallest absolute Gasteiger partial charge is 0.323 e. The molecule has 9 heteroatoms. The van der Waals surface area contributed by atoms with Gasteiger partial charge in [0.1, 0.15) is 6.33 Å². The molecule has 19 heavy (non-hydrogen) atoms. The Labute approximate surface area is 116 Å². The van der Waals surface area contributed by atoms with E-state index in [1.54, 1.807) is 0 Å². The van der Waals surface area contributed by atoms with Gasteiger partial charge in [0.2, 0.25) is 9.84 Å². The van der Waals surface area contributed by atoms with Crippen LogP contribution in [0, 0.1) is 0 Å². The van der Waals surface area contributed by atoms with Gasteiger partial charge in [-0.25, -0.2) is 18.2 Å². The molecule has 0 aromatic carbocycles. The fourth-order valence-electron chi connectivity index (χ4n) is 1.36. The van der Waals surface area contributed by atoms with Gasteiger partial charge < -0.3 is 4.90 Å². The second kappa shape index (κ2) is 6.67. The van der Waals surface area contributed by atoms with Gasteiger partial charge in [0, 0.05) is 18.6 Å². The van der Waals surface area contributed by atoms with Crippen LogP contribution >= 0.6 is 11.6 Å². The van der Waals surface area contributed by atoms with Crippen molar-refractivity contribution in [2.24, 2.45) is 0 Å². The number of amides is 1. The molecule has 0 atom stereocenters. The van der Waals surface area contributed by atoms with Crippen LogP contribution in [0.25, 0.3) is 0 Å². The summed E-state index contributed by atoms with van der Waals surface area (Å²) in [6.45, 7) is 4.65. The molecule has 1 amide bonds. The number of hydrogen-bond donors (Lipinski definition) is 0. The van der Waals surface area contributed by atoms with Gasteiger partial charge in [-0.15, -0.1) is 5.10 Å². The van der Waals surface area contributed by atoms with E-state index in [1.165, 1.54) is 11.0 Å². The van der Waals surface area contributed by atoms with Crippen molar-refractivity contribution in [3.05, 3.63) is 17.9 Å². The Hall–Kier alpha value is -1.41. The summed E-state index contributed by atoms with van der Waals surface area (Å²) in [6, 6.07) is -0.410. The monoisotopic (exact) mass is 306 g/mol. The van der Waals surface area contributed by atoms with Crippen molar-refractivity contribution < 1.29 is 13.2 Å². The van der Waals surface area contributed by atoms with Crippen molar-refractivity contribution in [1.82, 2.24) is 19.7 Å². The zero-order chi connectivity index (χ0) is 14.5. The van der Waals surface area contributed by atoms with E-state index >= 15 is 0 Å². The molecule has 0 aliphatic rings. The van der Waals surface area contributed by atoms with Gasteiger partial charge in [-0.1, -0.05) is 17.7 Å². The average Bonchev–Trinajstić information content (AvgIpc) is 2.88. The van der Waals surface area contributed by atoms with Gasteiger partial charge in [0.15, 0.2) is 0 Å². The maximum atomic E-state index is 11.9. The van der Waals surface area contributed by atoms with E-state index in [9.17, 15) is 13.2 Å². The lowest BCUT2D eigenvalue weighted by molar-refractivity contribution is 0.201. The topological polar surface area (TPSA) is 85.2 Å². The van der Waals surface area contributed by atoms with E-state index in [1.807, 2.05) is 13.8 Å². The first-order chi connectivity index (χ1) is 8.96. The van der Waals surface area contributed by atoms with Crippen molar-refractivity contribution in [2.75, 3.05) is 18.8 Å². The van der Waals surface area contributed by atoms with Crippen LogP contribution in [-0.2, 0) is 9.84 Å². The first-order valence-electron chi connectivity index (χ1n) is 5.65. The van der Waals surface area contributed by atoms with E-state index in [0.29, 0.717) is 13.1 Å². The van der Waals surface area contributed by atoms with Crippen LogP contribution in [0.4, 0.5) is 4.79 Å². The fourth-order valence-corrected chi connectivity index (χ4v) is 2.47. The molecule has 0 fully saturated rings. The summed E-state index contributed by atoms with van der Waals surface area (Å²) in [7, 11) is -3.66. The maximum absolute atomic E-state index is 11.9. The summed E-state index contributed by atoms with van der Waals surface area (Å²) in [5.41, 5.74) is 1.11. The van der Waals surface area contributed by atoms with E-state index in [-0.39, 0.29) is 10.9 Å². The molecule has 1 heterocycles. The molecule has 0 radical (unpaired) electrons. The highest BCUT2D eigenvalue weighted by Crippen LogP contribution is 2.05. The number of nitrogens with zero attached hydrogens (tertiary/aromatic N) is 4. The summed E-state index contributed by atoms with van der Waals surface area (Å²) in [4.78, 5) is 17.1. The van der Waals surface area contributed by atoms with Gasteiger partial charge in [-0.3, -0.25) is 0 Å². The zero-order valence-electron chi connectivity index (χ0n) is 10.7. The highest BCUT2D eigenvalue weighted by molar-refractivity contribution is 7.91. The summed E-state index contributed by atoms with van der Waals surface area (Å²) in [5, 5.41) is 3.31. The Balaban J connectivity index is 2.97. The maximum Gasteiger partial charge on any atom is 0.346 e. The van der Waals surface area contributed by atoms with Crippen LogP contribution in [0.3, 0.4) is 0 Å². The SMILES string of the molecule is CCN(CC)C(=O)n1cnc(S(=O)(=O)CC=CCl)n1. The minimum Gasteiger partial charge on any atom is -0.323 e. The average molecular weight is 307 g/mol. The third-order valence-electron chi connectivity index (χ3n) is 2.38. The Morgan fingerprint density at radius 2 is 2.11 bits per heavy atom. The number of carbonyl (C=O) groups is 1. The van der Waals surface area contributed by atoms with Crippen LogP contribution in [0.2, 0.25) is 0 Å². The molecule has 0 N–H and O–H groups in total. The van der Waals surface area contributed by atoms with Crippen LogP contribution in [-0.4, -0.2) is 53.0 Å². The molecule has 0 spiro atoms. The largest absolute Gasteiger partial charge is 0.346 e. The highest BCUT2D eigenvalue weighted by Gasteiger charge is 2.21. The molecule has 0 bridgehead atoms. The zero-order valence-corrected chi connectivity index (χ0v) is 12.2. The van der Waals surface area contributed by atoms with Crippen molar-refractivity contribution in [3.63, 3.8) is 0 Å².